The lowest BCUT2D eigenvalue weighted by molar-refractivity contribution is -0.139. The molecule has 0 aliphatic rings. The molecule has 4 N–H and O–H groups in total. The van der Waals surface area contributed by atoms with Crippen LogP contribution >= 0.6 is 0 Å². The summed E-state index contributed by atoms with van der Waals surface area (Å²) < 4.78 is 50.9. The molecule has 0 saturated carbocycles. The van der Waals surface area contributed by atoms with Gasteiger partial charge in [0, 0.05) is 12.4 Å². The van der Waals surface area contributed by atoms with Crippen LogP contribution in [0.1, 0.15) is 11.3 Å². The zero-order valence-corrected chi connectivity index (χ0v) is 10.4. The Morgan fingerprint density at radius 2 is 1.81 bits per heavy atom. The first-order valence-corrected chi connectivity index (χ1v) is 5.57. The van der Waals surface area contributed by atoms with Gasteiger partial charge in [-0.05, 0) is 18.2 Å². The van der Waals surface area contributed by atoms with Gasteiger partial charge < -0.3 is 11.5 Å². The Morgan fingerprint density at radius 1 is 1.14 bits per heavy atom. The molecule has 1 aromatic carbocycles. The molecule has 2 aromatic rings. The summed E-state index contributed by atoms with van der Waals surface area (Å²) in [4.78, 5) is 11.3. The molecule has 9 heteroatoms. The maximum atomic E-state index is 13.1. The zero-order chi connectivity index (χ0) is 15.6. The minimum absolute atomic E-state index is 0.0168. The first-order valence-electron chi connectivity index (χ1n) is 5.57. The van der Waals surface area contributed by atoms with E-state index < -0.39 is 17.6 Å². The molecule has 0 atom stereocenters. The number of hydrogen-bond acceptors (Lipinski definition) is 4. The molecule has 2 rings (SSSR count). The lowest BCUT2D eigenvalue weighted by Gasteiger charge is -2.09. The van der Waals surface area contributed by atoms with Crippen molar-refractivity contribution in [2.24, 2.45) is 10.7 Å². The topological polar surface area (TPSA) is 90.2 Å². The van der Waals surface area contributed by atoms with Gasteiger partial charge in [0.15, 0.2) is 11.7 Å². The lowest BCUT2D eigenvalue weighted by Crippen LogP contribution is -2.17. The number of aromatic nitrogens is 2. The number of nitrogens with two attached hydrogens (primary N) is 2. The van der Waals surface area contributed by atoms with Crippen molar-refractivity contribution in [2.45, 2.75) is 6.18 Å². The number of aliphatic imine (C=N–C) groups is 1. The Kier molecular flexibility index (Phi) is 3.74. The summed E-state index contributed by atoms with van der Waals surface area (Å²) >= 11 is 0. The predicted molar refractivity (Wildman–Crippen MR) is 68.2 cm³/mol. The summed E-state index contributed by atoms with van der Waals surface area (Å²) in [7, 11) is 0. The number of nitrogen functional groups attached to an aromatic ring is 1. The Bertz CT molecular complexity index is 696. The van der Waals surface area contributed by atoms with Gasteiger partial charge in [0.05, 0.1) is 11.3 Å². The van der Waals surface area contributed by atoms with Crippen LogP contribution in [0.25, 0.3) is 0 Å². The van der Waals surface area contributed by atoms with E-state index in [4.69, 9.17) is 11.5 Å². The van der Waals surface area contributed by atoms with Crippen LogP contribution in [0.3, 0.4) is 0 Å². The highest BCUT2D eigenvalue weighted by Crippen LogP contribution is 2.33. The summed E-state index contributed by atoms with van der Waals surface area (Å²) in [5, 5.41) is 0. The van der Waals surface area contributed by atoms with Crippen LogP contribution in [-0.4, -0.2) is 15.8 Å². The number of amidine groups is 1. The Labute approximate surface area is 116 Å². The highest BCUT2D eigenvalue weighted by atomic mass is 19.4. The van der Waals surface area contributed by atoms with Crippen molar-refractivity contribution in [3.63, 3.8) is 0 Å². The van der Waals surface area contributed by atoms with Crippen molar-refractivity contribution in [3.8, 4) is 0 Å². The highest BCUT2D eigenvalue weighted by molar-refractivity contribution is 6.00. The fourth-order valence-corrected chi connectivity index (χ4v) is 1.54. The summed E-state index contributed by atoms with van der Waals surface area (Å²) in [5.41, 5.74) is 9.58. The maximum Gasteiger partial charge on any atom is 0.419 e. The van der Waals surface area contributed by atoms with Crippen molar-refractivity contribution >= 4 is 17.3 Å². The molecular weight excluding hydrogens is 290 g/mol. The van der Waals surface area contributed by atoms with Crippen LogP contribution < -0.4 is 11.5 Å². The van der Waals surface area contributed by atoms with Gasteiger partial charge in [-0.15, -0.1) is 0 Å². The summed E-state index contributed by atoms with van der Waals surface area (Å²) in [6, 6.07) is 2.27. The van der Waals surface area contributed by atoms with Gasteiger partial charge in [-0.3, -0.25) is 0 Å². The fraction of sp³-hybridized carbons (Fsp3) is 0.0833. The van der Waals surface area contributed by atoms with Crippen molar-refractivity contribution in [1.82, 2.24) is 9.97 Å². The second-order valence-corrected chi connectivity index (χ2v) is 3.95. The maximum absolute atomic E-state index is 13.1. The molecular formula is C12H9F4N5. The Hall–Kier alpha value is -2.71. The van der Waals surface area contributed by atoms with Crippen molar-refractivity contribution < 1.29 is 17.6 Å². The molecule has 0 spiro atoms. The highest BCUT2D eigenvalue weighted by Gasteiger charge is 2.34. The summed E-state index contributed by atoms with van der Waals surface area (Å²) in [6.45, 7) is 0. The first kappa shape index (κ1) is 14.7. The number of halogens is 4. The largest absolute Gasteiger partial charge is 0.419 e. The Balaban J connectivity index is 2.44. The molecule has 0 saturated heterocycles. The van der Waals surface area contributed by atoms with Gasteiger partial charge in [-0.1, -0.05) is 0 Å². The molecule has 0 fully saturated rings. The van der Waals surface area contributed by atoms with Gasteiger partial charge in [0.25, 0.3) is 0 Å². The third-order valence-electron chi connectivity index (χ3n) is 2.47. The van der Waals surface area contributed by atoms with E-state index in [-0.39, 0.29) is 23.0 Å². The van der Waals surface area contributed by atoms with Gasteiger partial charge in [-0.25, -0.2) is 19.4 Å². The number of hydrogen-bond donors (Lipinski definition) is 2. The molecule has 5 nitrogen and oxygen atoms in total. The third kappa shape index (κ3) is 3.25. The van der Waals surface area contributed by atoms with E-state index in [0.717, 1.165) is 6.07 Å². The van der Waals surface area contributed by atoms with E-state index in [2.05, 4.69) is 15.0 Å². The predicted octanol–water partition coefficient (Wildman–Crippen LogP) is 2.25. The standard InChI is InChI=1S/C12H9F4N5/c13-8-2-1-6(5-7(8)12(14,15)16)21-11(18)9-10(17)20-4-3-19-9/h1-5H,(H2,17,20)(H2,18,21). The molecule has 1 heterocycles. The molecule has 0 aliphatic heterocycles. The quantitative estimate of drug-likeness (QED) is 0.505. The average molecular weight is 299 g/mol. The fourth-order valence-electron chi connectivity index (χ4n) is 1.54. The van der Waals surface area contributed by atoms with Gasteiger partial charge in [0.1, 0.15) is 11.5 Å². The minimum Gasteiger partial charge on any atom is -0.382 e. The van der Waals surface area contributed by atoms with E-state index in [1.54, 1.807) is 0 Å². The third-order valence-corrected chi connectivity index (χ3v) is 2.47. The second-order valence-electron chi connectivity index (χ2n) is 3.95. The van der Waals surface area contributed by atoms with Crippen molar-refractivity contribution in [1.29, 1.82) is 0 Å². The van der Waals surface area contributed by atoms with E-state index in [1.807, 2.05) is 0 Å². The van der Waals surface area contributed by atoms with Gasteiger partial charge >= 0.3 is 6.18 Å². The number of alkyl halides is 3. The molecule has 0 amide bonds. The molecule has 0 aliphatic carbocycles. The van der Waals surface area contributed by atoms with Crippen LogP contribution in [0, 0.1) is 5.82 Å². The van der Waals surface area contributed by atoms with Gasteiger partial charge in [0.2, 0.25) is 0 Å². The number of nitrogens with zero attached hydrogens (tertiary/aromatic N) is 3. The smallest absolute Gasteiger partial charge is 0.382 e. The van der Waals surface area contributed by atoms with Crippen LogP contribution in [-0.2, 0) is 6.18 Å². The van der Waals surface area contributed by atoms with Crippen LogP contribution in [0.15, 0.2) is 35.6 Å². The molecule has 0 bridgehead atoms. The normalized spacial score (nSPS) is 12.5. The van der Waals surface area contributed by atoms with Crippen LogP contribution in [0.2, 0.25) is 0 Å². The summed E-state index contributed by atoms with van der Waals surface area (Å²) in [6.07, 6.45) is -2.19. The van der Waals surface area contributed by atoms with E-state index >= 15 is 0 Å². The zero-order valence-electron chi connectivity index (χ0n) is 10.4. The Morgan fingerprint density at radius 3 is 2.43 bits per heavy atom. The first-order chi connectivity index (χ1) is 9.79. The van der Waals surface area contributed by atoms with E-state index in [0.29, 0.717) is 12.1 Å². The lowest BCUT2D eigenvalue weighted by atomic mass is 10.2. The molecule has 21 heavy (non-hydrogen) atoms. The van der Waals surface area contributed by atoms with Crippen LogP contribution in [0.4, 0.5) is 29.1 Å². The summed E-state index contributed by atoms with van der Waals surface area (Å²) in [5.74, 6) is -1.63. The molecule has 1 aromatic heterocycles. The van der Waals surface area contributed by atoms with Crippen molar-refractivity contribution in [2.75, 3.05) is 5.73 Å². The van der Waals surface area contributed by atoms with E-state index in [9.17, 15) is 17.6 Å². The second kappa shape index (κ2) is 5.35. The van der Waals surface area contributed by atoms with E-state index in [1.165, 1.54) is 12.4 Å². The van der Waals surface area contributed by atoms with Crippen molar-refractivity contribution in [3.05, 3.63) is 47.7 Å². The number of anilines is 1. The number of rotatable bonds is 2. The monoisotopic (exact) mass is 299 g/mol. The SMILES string of the molecule is NC(=Nc1ccc(F)c(C(F)(F)F)c1)c1nccnc1N. The molecule has 0 unspecified atom stereocenters. The van der Waals surface area contributed by atoms with Gasteiger partial charge in [-0.2, -0.15) is 13.2 Å². The minimum atomic E-state index is -4.82. The number of benzene rings is 1. The molecule has 110 valence electrons. The van der Waals surface area contributed by atoms with Crippen LogP contribution in [0.5, 0.6) is 0 Å². The molecule has 0 radical (unpaired) electrons. The average Bonchev–Trinajstić information content (AvgIpc) is 2.40.